The van der Waals surface area contributed by atoms with E-state index in [-0.39, 0.29) is 0 Å². The molecule has 3 aromatic rings. The molecule has 0 aliphatic heterocycles. The lowest BCUT2D eigenvalue weighted by molar-refractivity contribution is 0.644. The Morgan fingerprint density at radius 1 is 0.773 bits per heavy atom. The lowest BCUT2D eigenvalue weighted by atomic mass is 9.78. The lowest BCUT2D eigenvalue weighted by Gasteiger charge is -2.30. The third-order valence-electron chi connectivity index (χ3n) is 3.66. The van der Waals surface area contributed by atoms with Crippen molar-refractivity contribution in [3.63, 3.8) is 0 Å². The molecule has 0 aliphatic rings. The molecule has 2 aromatic carbocycles. The number of benzene rings is 2. The standard InChI is InChI=1S/C18H14N4/c19-22-21-18(15-8-3-1-4-9-15,16-10-5-2-6-11-16)17-12-7-13-20-14-17/h1-14H. The van der Waals surface area contributed by atoms with E-state index in [4.69, 9.17) is 0 Å². The fourth-order valence-electron chi connectivity index (χ4n) is 2.68. The molecule has 106 valence electrons. The maximum Gasteiger partial charge on any atom is 0.125 e. The average molecular weight is 286 g/mol. The van der Waals surface area contributed by atoms with Gasteiger partial charge in [-0.25, -0.2) is 0 Å². The molecule has 0 N–H and O–H groups in total. The van der Waals surface area contributed by atoms with Gasteiger partial charge in [-0.3, -0.25) is 4.98 Å². The molecule has 0 saturated carbocycles. The summed E-state index contributed by atoms with van der Waals surface area (Å²) in [7, 11) is 0. The number of nitrogens with zero attached hydrogens (tertiary/aromatic N) is 4. The molecule has 22 heavy (non-hydrogen) atoms. The summed E-state index contributed by atoms with van der Waals surface area (Å²) in [5, 5.41) is 4.21. The van der Waals surface area contributed by atoms with Crippen molar-refractivity contribution in [2.75, 3.05) is 0 Å². The van der Waals surface area contributed by atoms with Crippen LogP contribution in [-0.2, 0) is 5.54 Å². The molecule has 0 amide bonds. The van der Waals surface area contributed by atoms with Gasteiger partial charge in [0, 0.05) is 17.3 Å². The van der Waals surface area contributed by atoms with Gasteiger partial charge in [0.15, 0.2) is 0 Å². The quantitative estimate of drug-likeness (QED) is 0.390. The Morgan fingerprint density at radius 2 is 1.32 bits per heavy atom. The second-order valence-electron chi connectivity index (χ2n) is 4.87. The van der Waals surface area contributed by atoms with Crippen LogP contribution in [0.15, 0.2) is 90.3 Å². The van der Waals surface area contributed by atoms with Crippen molar-refractivity contribution in [3.05, 3.63) is 112 Å². The number of hydrogen-bond donors (Lipinski definition) is 0. The molecule has 1 heterocycles. The molecule has 1 aromatic heterocycles. The van der Waals surface area contributed by atoms with Gasteiger partial charge in [-0.2, -0.15) is 0 Å². The Labute approximate surface area is 128 Å². The highest BCUT2D eigenvalue weighted by molar-refractivity contribution is 5.48. The SMILES string of the molecule is [N-]=[N+]=NC(c1ccccc1)(c1ccccc1)c1cccnc1. The third-order valence-corrected chi connectivity index (χ3v) is 3.66. The van der Waals surface area contributed by atoms with Crippen LogP contribution in [0.4, 0.5) is 0 Å². The Kier molecular flexibility index (Phi) is 3.86. The van der Waals surface area contributed by atoms with Gasteiger partial charge in [-0.05, 0) is 28.3 Å². The molecular weight excluding hydrogens is 272 g/mol. The molecule has 0 atom stereocenters. The second-order valence-corrected chi connectivity index (χ2v) is 4.87. The van der Waals surface area contributed by atoms with Gasteiger partial charge in [-0.15, -0.1) is 0 Å². The molecule has 0 radical (unpaired) electrons. The van der Waals surface area contributed by atoms with E-state index in [1.807, 2.05) is 72.8 Å². The highest BCUT2D eigenvalue weighted by atomic mass is 15.2. The van der Waals surface area contributed by atoms with Crippen molar-refractivity contribution in [3.8, 4) is 0 Å². The summed E-state index contributed by atoms with van der Waals surface area (Å²) in [4.78, 5) is 7.34. The Morgan fingerprint density at radius 3 is 1.77 bits per heavy atom. The minimum absolute atomic E-state index is 0.838. The largest absolute Gasteiger partial charge is 0.264 e. The first kappa shape index (κ1) is 13.9. The van der Waals surface area contributed by atoms with Crippen molar-refractivity contribution < 1.29 is 0 Å². The van der Waals surface area contributed by atoms with Crippen molar-refractivity contribution in [1.82, 2.24) is 4.98 Å². The van der Waals surface area contributed by atoms with Crippen molar-refractivity contribution in [1.29, 1.82) is 0 Å². The van der Waals surface area contributed by atoms with Crippen molar-refractivity contribution >= 4 is 0 Å². The zero-order valence-corrected chi connectivity index (χ0v) is 11.9. The van der Waals surface area contributed by atoms with Gasteiger partial charge >= 0.3 is 0 Å². The lowest BCUT2D eigenvalue weighted by Crippen LogP contribution is -2.26. The summed E-state index contributed by atoms with van der Waals surface area (Å²) in [6.07, 6.45) is 3.45. The van der Waals surface area contributed by atoms with E-state index in [2.05, 4.69) is 15.0 Å². The summed E-state index contributed by atoms with van der Waals surface area (Å²) >= 11 is 0. The summed E-state index contributed by atoms with van der Waals surface area (Å²) in [6.45, 7) is 0. The molecule has 0 spiro atoms. The first-order valence-corrected chi connectivity index (χ1v) is 6.96. The van der Waals surface area contributed by atoms with Gasteiger partial charge in [-0.1, -0.05) is 71.8 Å². The van der Waals surface area contributed by atoms with Crippen LogP contribution in [0, 0.1) is 0 Å². The van der Waals surface area contributed by atoms with Crippen molar-refractivity contribution in [2.24, 2.45) is 5.11 Å². The fourth-order valence-corrected chi connectivity index (χ4v) is 2.68. The molecular formula is C18H14N4. The van der Waals surface area contributed by atoms with E-state index < -0.39 is 5.54 Å². The highest BCUT2D eigenvalue weighted by Crippen LogP contribution is 2.40. The Balaban J connectivity index is 2.37. The predicted molar refractivity (Wildman–Crippen MR) is 86.1 cm³/mol. The molecule has 0 aliphatic carbocycles. The minimum atomic E-state index is -0.925. The predicted octanol–water partition coefficient (Wildman–Crippen LogP) is 4.68. The summed E-state index contributed by atoms with van der Waals surface area (Å²) in [6, 6.07) is 23.3. The maximum atomic E-state index is 9.22. The van der Waals surface area contributed by atoms with Gasteiger partial charge < -0.3 is 0 Å². The van der Waals surface area contributed by atoms with Crippen LogP contribution in [0.25, 0.3) is 10.4 Å². The Bertz CT molecular complexity index is 682. The van der Waals surface area contributed by atoms with Crippen LogP contribution in [0.3, 0.4) is 0 Å². The number of aromatic nitrogens is 1. The summed E-state index contributed by atoms with van der Waals surface area (Å²) < 4.78 is 0. The maximum absolute atomic E-state index is 9.22. The van der Waals surface area contributed by atoms with Gasteiger partial charge in [0.05, 0.1) is 0 Å². The van der Waals surface area contributed by atoms with Gasteiger partial charge in [0.25, 0.3) is 0 Å². The molecule has 4 heteroatoms. The van der Waals surface area contributed by atoms with Crippen LogP contribution in [0.2, 0.25) is 0 Å². The topological polar surface area (TPSA) is 61.7 Å². The van der Waals surface area contributed by atoms with Crippen LogP contribution in [0.1, 0.15) is 16.7 Å². The normalized spacial score (nSPS) is 10.7. The minimum Gasteiger partial charge on any atom is -0.264 e. The van der Waals surface area contributed by atoms with Crippen LogP contribution < -0.4 is 0 Å². The number of pyridine rings is 1. The van der Waals surface area contributed by atoms with E-state index in [0.29, 0.717) is 0 Å². The zero-order valence-electron chi connectivity index (χ0n) is 11.9. The zero-order chi connectivity index (χ0) is 15.3. The molecule has 3 rings (SSSR count). The average Bonchev–Trinajstić information content (AvgIpc) is 2.62. The highest BCUT2D eigenvalue weighted by Gasteiger charge is 2.35. The molecule has 0 bridgehead atoms. The van der Waals surface area contributed by atoms with Gasteiger partial charge in [0.1, 0.15) is 5.54 Å². The number of azide groups is 1. The van der Waals surface area contributed by atoms with Gasteiger partial charge in [0.2, 0.25) is 0 Å². The molecule has 0 fully saturated rings. The van der Waals surface area contributed by atoms with Crippen LogP contribution in [0.5, 0.6) is 0 Å². The molecule has 4 nitrogen and oxygen atoms in total. The second kappa shape index (κ2) is 6.12. The summed E-state index contributed by atoms with van der Waals surface area (Å²) in [5.41, 5.74) is 11.0. The monoisotopic (exact) mass is 286 g/mol. The van der Waals surface area contributed by atoms with Crippen molar-refractivity contribution in [2.45, 2.75) is 5.54 Å². The molecule has 0 saturated heterocycles. The van der Waals surface area contributed by atoms with E-state index >= 15 is 0 Å². The van der Waals surface area contributed by atoms with Crippen LogP contribution in [-0.4, -0.2) is 4.98 Å². The molecule has 0 unspecified atom stereocenters. The van der Waals surface area contributed by atoms with E-state index in [1.165, 1.54) is 0 Å². The first-order chi connectivity index (χ1) is 10.9. The fraction of sp³-hybridized carbons (Fsp3) is 0.0556. The summed E-state index contributed by atoms with van der Waals surface area (Å²) in [5.74, 6) is 0. The Hall–Kier alpha value is -3.10. The number of hydrogen-bond acceptors (Lipinski definition) is 2. The van der Waals surface area contributed by atoms with E-state index in [9.17, 15) is 5.53 Å². The van der Waals surface area contributed by atoms with Crippen LogP contribution >= 0.6 is 0 Å². The third kappa shape index (κ3) is 2.32. The first-order valence-electron chi connectivity index (χ1n) is 6.96. The number of rotatable bonds is 4. The van der Waals surface area contributed by atoms with E-state index in [1.54, 1.807) is 12.4 Å². The smallest absolute Gasteiger partial charge is 0.125 e. The van der Waals surface area contributed by atoms with E-state index in [0.717, 1.165) is 16.7 Å².